The van der Waals surface area contributed by atoms with Gasteiger partial charge in [0.05, 0.1) is 19.4 Å². The molecule has 27 heavy (non-hydrogen) atoms. The average Bonchev–Trinajstić information content (AvgIpc) is 2.68. The molecule has 0 heterocycles. The average molecular weight is 371 g/mol. The summed E-state index contributed by atoms with van der Waals surface area (Å²) in [5, 5.41) is 2.71. The summed E-state index contributed by atoms with van der Waals surface area (Å²) in [4.78, 5) is 24.4. The Bertz CT molecular complexity index is 775. The third-order valence-corrected chi connectivity index (χ3v) is 3.91. The van der Waals surface area contributed by atoms with E-state index in [9.17, 15) is 9.59 Å². The van der Waals surface area contributed by atoms with Crippen molar-refractivity contribution in [2.45, 2.75) is 32.8 Å². The number of methoxy groups -OCH3 is 1. The SMILES string of the molecule is CCOc1ccccc1CCC(=O)O[C@H](C)C(=O)Nc1ccccc1OC. The number of nitrogens with one attached hydrogen (secondary N) is 1. The van der Waals surface area contributed by atoms with Gasteiger partial charge in [0, 0.05) is 6.42 Å². The summed E-state index contributed by atoms with van der Waals surface area (Å²) in [6.45, 7) is 4.01. The van der Waals surface area contributed by atoms with Crippen molar-refractivity contribution in [1.29, 1.82) is 0 Å². The normalized spacial score (nSPS) is 11.4. The molecule has 1 N–H and O–H groups in total. The number of hydrogen-bond acceptors (Lipinski definition) is 5. The van der Waals surface area contributed by atoms with E-state index in [2.05, 4.69) is 5.32 Å². The van der Waals surface area contributed by atoms with Crippen LogP contribution in [0.1, 0.15) is 25.8 Å². The summed E-state index contributed by atoms with van der Waals surface area (Å²) in [6, 6.07) is 14.6. The van der Waals surface area contributed by atoms with E-state index in [1.54, 1.807) is 24.3 Å². The van der Waals surface area contributed by atoms with Crippen molar-refractivity contribution >= 4 is 17.6 Å². The maximum atomic E-state index is 12.3. The third-order valence-electron chi connectivity index (χ3n) is 3.91. The van der Waals surface area contributed by atoms with Crippen LogP contribution in [0.4, 0.5) is 5.69 Å². The van der Waals surface area contributed by atoms with E-state index in [4.69, 9.17) is 14.2 Å². The lowest BCUT2D eigenvalue weighted by atomic mass is 10.1. The number of ether oxygens (including phenoxy) is 3. The summed E-state index contributed by atoms with van der Waals surface area (Å²) in [5.74, 6) is 0.443. The van der Waals surface area contributed by atoms with E-state index in [1.165, 1.54) is 14.0 Å². The van der Waals surface area contributed by atoms with Gasteiger partial charge in [-0.3, -0.25) is 9.59 Å². The van der Waals surface area contributed by atoms with Crippen molar-refractivity contribution in [2.24, 2.45) is 0 Å². The Morgan fingerprint density at radius 1 is 1.04 bits per heavy atom. The number of esters is 1. The van der Waals surface area contributed by atoms with Gasteiger partial charge in [-0.2, -0.15) is 0 Å². The molecule has 0 saturated carbocycles. The Balaban J connectivity index is 1.87. The molecule has 0 unspecified atom stereocenters. The van der Waals surface area contributed by atoms with Gasteiger partial charge in [0.2, 0.25) is 0 Å². The van der Waals surface area contributed by atoms with E-state index in [0.29, 0.717) is 24.5 Å². The molecule has 0 aliphatic heterocycles. The van der Waals surface area contributed by atoms with Crippen LogP contribution in [0.5, 0.6) is 11.5 Å². The van der Waals surface area contributed by atoms with Gasteiger partial charge >= 0.3 is 5.97 Å². The fourth-order valence-corrected chi connectivity index (χ4v) is 2.54. The molecule has 1 amide bonds. The van der Waals surface area contributed by atoms with E-state index in [-0.39, 0.29) is 6.42 Å². The number of anilines is 1. The first-order valence-electron chi connectivity index (χ1n) is 8.89. The minimum Gasteiger partial charge on any atom is -0.495 e. The Kier molecular flexibility index (Phi) is 7.67. The molecule has 0 saturated heterocycles. The zero-order valence-corrected chi connectivity index (χ0v) is 15.9. The largest absolute Gasteiger partial charge is 0.495 e. The lowest BCUT2D eigenvalue weighted by molar-refractivity contribution is -0.153. The van der Waals surface area contributed by atoms with Crippen LogP contribution >= 0.6 is 0 Å². The highest BCUT2D eigenvalue weighted by Gasteiger charge is 2.19. The number of rotatable bonds is 9. The van der Waals surface area contributed by atoms with E-state index >= 15 is 0 Å². The number of benzene rings is 2. The summed E-state index contributed by atoms with van der Waals surface area (Å²) in [7, 11) is 1.52. The zero-order valence-electron chi connectivity index (χ0n) is 15.9. The second kappa shape index (κ2) is 10.2. The van der Waals surface area contributed by atoms with Crippen LogP contribution in [-0.2, 0) is 20.7 Å². The minimum absolute atomic E-state index is 0.163. The molecule has 2 rings (SSSR count). The van der Waals surface area contributed by atoms with Gasteiger partial charge in [-0.05, 0) is 44.0 Å². The highest BCUT2D eigenvalue weighted by atomic mass is 16.5. The molecule has 6 heteroatoms. The maximum Gasteiger partial charge on any atom is 0.306 e. The number of hydrogen-bond donors (Lipinski definition) is 1. The smallest absolute Gasteiger partial charge is 0.306 e. The summed E-state index contributed by atoms with van der Waals surface area (Å²) in [5.41, 5.74) is 1.46. The van der Waals surface area contributed by atoms with Crippen molar-refractivity contribution in [3.05, 3.63) is 54.1 Å². The second-order valence-corrected chi connectivity index (χ2v) is 5.86. The van der Waals surface area contributed by atoms with Gasteiger partial charge in [-0.1, -0.05) is 30.3 Å². The first-order chi connectivity index (χ1) is 13.0. The van der Waals surface area contributed by atoms with Gasteiger partial charge in [0.15, 0.2) is 6.10 Å². The van der Waals surface area contributed by atoms with Gasteiger partial charge in [-0.25, -0.2) is 0 Å². The van der Waals surface area contributed by atoms with Crippen LogP contribution in [0, 0.1) is 0 Å². The molecule has 0 aromatic heterocycles. The summed E-state index contributed by atoms with van der Waals surface area (Å²) in [6.07, 6.45) is -0.267. The van der Waals surface area contributed by atoms with E-state index < -0.39 is 18.0 Å². The number of para-hydroxylation sites is 3. The highest BCUT2D eigenvalue weighted by Crippen LogP contribution is 2.23. The van der Waals surface area contributed by atoms with Crippen LogP contribution < -0.4 is 14.8 Å². The van der Waals surface area contributed by atoms with Gasteiger partial charge in [-0.15, -0.1) is 0 Å². The van der Waals surface area contributed by atoms with Gasteiger partial charge in [0.1, 0.15) is 11.5 Å². The molecule has 1 atom stereocenters. The lowest BCUT2D eigenvalue weighted by Crippen LogP contribution is -2.30. The summed E-state index contributed by atoms with van der Waals surface area (Å²) < 4.78 is 16.0. The summed E-state index contributed by atoms with van der Waals surface area (Å²) >= 11 is 0. The standard InChI is InChI=1S/C21H25NO5/c1-4-26-18-11-7-5-9-16(18)13-14-20(23)27-15(2)21(24)22-17-10-6-8-12-19(17)25-3/h5-12,15H,4,13-14H2,1-3H3,(H,22,24)/t15-/m1/s1. The first-order valence-corrected chi connectivity index (χ1v) is 8.89. The van der Waals surface area contributed by atoms with Crippen molar-refractivity contribution in [3.8, 4) is 11.5 Å². The maximum absolute atomic E-state index is 12.3. The van der Waals surface area contributed by atoms with Crippen LogP contribution in [0.2, 0.25) is 0 Å². The molecule has 2 aromatic rings. The Morgan fingerprint density at radius 3 is 2.41 bits per heavy atom. The van der Waals surface area contributed by atoms with Crippen LogP contribution in [0.15, 0.2) is 48.5 Å². The third kappa shape index (κ3) is 6.02. The first kappa shape index (κ1) is 20.3. The predicted octanol–water partition coefficient (Wildman–Crippen LogP) is 3.60. The number of amides is 1. The second-order valence-electron chi connectivity index (χ2n) is 5.86. The molecule has 0 fully saturated rings. The minimum atomic E-state index is -0.912. The topological polar surface area (TPSA) is 73.9 Å². The van der Waals surface area contributed by atoms with Crippen molar-refractivity contribution in [3.63, 3.8) is 0 Å². The van der Waals surface area contributed by atoms with Crippen molar-refractivity contribution < 1.29 is 23.8 Å². The van der Waals surface area contributed by atoms with Crippen LogP contribution in [0.3, 0.4) is 0 Å². The van der Waals surface area contributed by atoms with Crippen LogP contribution in [-0.4, -0.2) is 31.7 Å². The Hall–Kier alpha value is -3.02. The van der Waals surface area contributed by atoms with Gasteiger partial charge < -0.3 is 19.5 Å². The molecule has 2 aromatic carbocycles. The Labute approximate surface area is 159 Å². The highest BCUT2D eigenvalue weighted by molar-refractivity contribution is 5.96. The molecular weight excluding hydrogens is 346 g/mol. The van der Waals surface area contributed by atoms with E-state index in [0.717, 1.165) is 11.3 Å². The molecule has 0 spiro atoms. The molecule has 0 bridgehead atoms. The molecular formula is C21H25NO5. The lowest BCUT2D eigenvalue weighted by Gasteiger charge is -2.15. The quantitative estimate of drug-likeness (QED) is 0.682. The fraction of sp³-hybridized carbons (Fsp3) is 0.333. The molecule has 144 valence electrons. The fourth-order valence-electron chi connectivity index (χ4n) is 2.54. The molecule has 0 radical (unpaired) electrons. The van der Waals surface area contributed by atoms with E-state index in [1.807, 2.05) is 31.2 Å². The molecule has 0 aliphatic rings. The number of carbonyl (C=O) groups excluding carboxylic acids is 2. The van der Waals surface area contributed by atoms with Gasteiger partial charge in [0.25, 0.3) is 5.91 Å². The monoisotopic (exact) mass is 371 g/mol. The van der Waals surface area contributed by atoms with Crippen LogP contribution in [0.25, 0.3) is 0 Å². The number of carbonyl (C=O) groups is 2. The number of aryl methyl sites for hydroxylation is 1. The predicted molar refractivity (Wildman–Crippen MR) is 103 cm³/mol. The molecule has 6 nitrogen and oxygen atoms in total. The van der Waals surface area contributed by atoms with Crippen molar-refractivity contribution in [1.82, 2.24) is 0 Å². The molecule has 0 aliphatic carbocycles. The van der Waals surface area contributed by atoms with Crippen molar-refractivity contribution in [2.75, 3.05) is 19.0 Å². The Morgan fingerprint density at radius 2 is 1.70 bits per heavy atom. The zero-order chi connectivity index (χ0) is 19.6.